The summed E-state index contributed by atoms with van der Waals surface area (Å²) in [6, 6.07) is 3.19. The number of nitrogens with one attached hydrogen (secondary N) is 2. The second-order valence-corrected chi connectivity index (χ2v) is 6.73. The zero-order chi connectivity index (χ0) is 14.5. The van der Waals surface area contributed by atoms with Crippen molar-refractivity contribution in [3.63, 3.8) is 0 Å². The van der Waals surface area contributed by atoms with Crippen LogP contribution in [0.4, 0.5) is 0 Å². The van der Waals surface area contributed by atoms with Crippen molar-refractivity contribution in [2.75, 3.05) is 13.1 Å². The van der Waals surface area contributed by atoms with E-state index in [0.29, 0.717) is 0 Å². The van der Waals surface area contributed by atoms with E-state index >= 15 is 0 Å². The monoisotopic (exact) mass is 306 g/mol. The van der Waals surface area contributed by atoms with Crippen LogP contribution in [0.15, 0.2) is 16.3 Å². The molecule has 0 aromatic carbocycles. The lowest BCUT2D eigenvalue weighted by molar-refractivity contribution is -0.137. The first-order chi connectivity index (χ1) is 8.85. The first-order valence-electron chi connectivity index (χ1n) is 5.42. The fourth-order valence-electron chi connectivity index (χ4n) is 1.16. The van der Waals surface area contributed by atoms with Crippen LogP contribution in [0, 0.1) is 0 Å². The molecule has 0 fully saturated rings. The van der Waals surface area contributed by atoms with Gasteiger partial charge >= 0.3 is 5.97 Å². The van der Waals surface area contributed by atoms with Gasteiger partial charge in [-0.1, -0.05) is 6.92 Å². The number of thiophene rings is 1. The Balaban J connectivity index is 2.56. The second-order valence-electron chi connectivity index (χ2n) is 3.57. The number of hydrogen-bond donors (Lipinski definition) is 3. The van der Waals surface area contributed by atoms with E-state index in [0.717, 1.165) is 22.6 Å². The summed E-state index contributed by atoms with van der Waals surface area (Å²) < 4.78 is 25.9. The maximum atomic E-state index is 11.8. The van der Waals surface area contributed by atoms with E-state index in [1.807, 2.05) is 6.92 Å². The van der Waals surface area contributed by atoms with Crippen LogP contribution in [0.2, 0.25) is 0 Å². The highest BCUT2D eigenvalue weighted by Gasteiger charge is 2.17. The Morgan fingerprint density at radius 1 is 1.32 bits per heavy atom. The fraction of sp³-hybridized carbons (Fsp3) is 0.400. The van der Waals surface area contributed by atoms with Crippen LogP contribution in [0.25, 0.3) is 0 Å². The lowest BCUT2D eigenvalue weighted by atomic mass is 10.4. The number of sulfonamides is 1. The van der Waals surface area contributed by atoms with Crippen molar-refractivity contribution < 1.29 is 23.1 Å². The van der Waals surface area contributed by atoms with Crippen LogP contribution in [0.1, 0.15) is 11.8 Å². The van der Waals surface area contributed by atoms with Gasteiger partial charge in [-0.25, -0.2) is 13.1 Å². The van der Waals surface area contributed by atoms with Gasteiger partial charge in [-0.2, -0.15) is 0 Å². The molecule has 9 heteroatoms. The minimum atomic E-state index is -3.72. The Morgan fingerprint density at radius 3 is 2.53 bits per heavy atom. The van der Waals surface area contributed by atoms with Crippen LogP contribution in [0.3, 0.4) is 0 Å². The van der Waals surface area contributed by atoms with Crippen molar-refractivity contribution in [2.45, 2.75) is 17.6 Å². The Labute approximate surface area is 114 Å². The molecular formula is C10H14N2O5S2. The van der Waals surface area contributed by atoms with Gasteiger partial charge in [-0.15, -0.1) is 11.3 Å². The van der Waals surface area contributed by atoms with E-state index in [1.54, 1.807) is 6.07 Å². The number of carboxylic acid groups (broad SMARTS) is 1. The molecule has 7 nitrogen and oxygen atoms in total. The molecule has 1 heterocycles. The Hall–Kier alpha value is -1.45. The third-order valence-corrected chi connectivity index (χ3v) is 5.23. The lowest BCUT2D eigenvalue weighted by Crippen LogP contribution is -2.38. The van der Waals surface area contributed by atoms with Gasteiger partial charge in [0.25, 0.3) is 10.0 Å². The van der Waals surface area contributed by atoms with Crippen molar-refractivity contribution in [3.05, 3.63) is 17.0 Å². The highest BCUT2D eigenvalue weighted by Crippen LogP contribution is 2.21. The zero-order valence-corrected chi connectivity index (χ0v) is 11.8. The van der Waals surface area contributed by atoms with Crippen LogP contribution in [-0.2, 0) is 26.0 Å². The van der Waals surface area contributed by atoms with Crippen molar-refractivity contribution in [2.24, 2.45) is 0 Å². The van der Waals surface area contributed by atoms with Gasteiger partial charge in [0.1, 0.15) is 10.8 Å². The van der Waals surface area contributed by atoms with E-state index < -0.39 is 35.0 Å². The van der Waals surface area contributed by atoms with Crippen LogP contribution < -0.4 is 10.0 Å². The first kappa shape index (κ1) is 15.6. The molecule has 0 spiro atoms. The van der Waals surface area contributed by atoms with Gasteiger partial charge in [0.2, 0.25) is 5.91 Å². The van der Waals surface area contributed by atoms with Gasteiger partial charge in [0.05, 0.1) is 6.54 Å². The summed E-state index contributed by atoms with van der Waals surface area (Å²) in [5.74, 6) is -1.89. The van der Waals surface area contributed by atoms with E-state index in [1.165, 1.54) is 6.07 Å². The normalized spacial score (nSPS) is 11.2. The van der Waals surface area contributed by atoms with Crippen LogP contribution in [0.5, 0.6) is 0 Å². The minimum absolute atomic E-state index is 0.135. The highest BCUT2D eigenvalue weighted by atomic mass is 32.2. The molecule has 1 aromatic heterocycles. The molecule has 19 heavy (non-hydrogen) atoms. The molecule has 3 N–H and O–H groups in total. The predicted octanol–water partition coefficient (Wildman–Crippen LogP) is -0.210. The number of amides is 1. The maximum absolute atomic E-state index is 11.8. The standard InChI is InChI=1S/C10H14N2O5S2/c1-2-7-3-4-10(18-7)19(16,17)12-5-8(13)11-6-9(14)15/h3-4,12H,2,5-6H2,1H3,(H,11,13)(H,14,15). The zero-order valence-electron chi connectivity index (χ0n) is 10.2. The minimum Gasteiger partial charge on any atom is -0.480 e. The summed E-state index contributed by atoms with van der Waals surface area (Å²) in [5, 5.41) is 10.4. The Bertz CT molecular complexity index is 564. The molecule has 1 rings (SSSR count). The Morgan fingerprint density at radius 2 is 2.00 bits per heavy atom. The van der Waals surface area contributed by atoms with Crippen LogP contribution >= 0.6 is 11.3 Å². The molecular weight excluding hydrogens is 292 g/mol. The first-order valence-corrected chi connectivity index (χ1v) is 7.72. The van der Waals surface area contributed by atoms with E-state index in [4.69, 9.17) is 5.11 Å². The topological polar surface area (TPSA) is 113 Å². The molecule has 1 amide bonds. The highest BCUT2D eigenvalue weighted by molar-refractivity contribution is 7.91. The second kappa shape index (κ2) is 6.64. The summed E-state index contributed by atoms with van der Waals surface area (Å²) in [6.45, 7) is 0.878. The molecule has 0 saturated carbocycles. The van der Waals surface area contributed by atoms with Gasteiger partial charge < -0.3 is 10.4 Å². The SMILES string of the molecule is CCc1ccc(S(=O)(=O)NCC(=O)NCC(=O)O)s1. The van der Waals surface area contributed by atoms with E-state index in [9.17, 15) is 18.0 Å². The molecule has 0 aliphatic carbocycles. The number of rotatable bonds is 7. The summed E-state index contributed by atoms with van der Waals surface area (Å²) in [5.41, 5.74) is 0. The van der Waals surface area contributed by atoms with Crippen molar-refractivity contribution >= 4 is 33.2 Å². The summed E-state index contributed by atoms with van der Waals surface area (Å²) in [4.78, 5) is 22.3. The fourth-order valence-corrected chi connectivity index (χ4v) is 3.48. The average molecular weight is 306 g/mol. The molecule has 1 aromatic rings. The smallest absolute Gasteiger partial charge is 0.322 e. The maximum Gasteiger partial charge on any atom is 0.322 e. The van der Waals surface area contributed by atoms with Gasteiger partial charge in [-0.3, -0.25) is 9.59 Å². The number of aryl methyl sites for hydroxylation is 1. The lowest BCUT2D eigenvalue weighted by Gasteiger charge is -2.04. The van der Waals surface area contributed by atoms with Gasteiger partial charge in [0.15, 0.2) is 0 Å². The van der Waals surface area contributed by atoms with Crippen molar-refractivity contribution in [1.29, 1.82) is 0 Å². The third-order valence-electron chi connectivity index (χ3n) is 2.11. The summed E-state index contributed by atoms with van der Waals surface area (Å²) >= 11 is 1.13. The molecule has 0 bridgehead atoms. The number of aliphatic carboxylic acids is 1. The number of carboxylic acids is 1. The summed E-state index contributed by atoms with van der Waals surface area (Å²) in [7, 11) is -3.72. The number of carbonyl (C=O) groups is 2. The Kier molecular flexibility index (Phi) is 5.45. The van der Waals surface area contributed by atoms with Gasteiger partial charge in [0, 0.05) is 4.88 Å². The van der Waals surface area contributed by atoms with Crippen LogP contribution in [-0.4, -0.2) is 38.5 Å². The molecule has 0 aliphatic heterocycles. The van der Waals surface area contributed by atoms with Crippen molar-refractivity contribution in [3.8, 4) is 0 Å². The largest absolute Gasteiger partial charge is 0.480 e. The molecule has 106 valence electrons. The van der Waals surface area contributed by atoms with E-state index in [2.05, 4.69) is 10.0 Å². The number of carbonyl (C=O) groups excluding carboxylic acids is 1. The average Bonchev–Trinajstić information content (AvgIpc) is 2.83. The molecule has 0 unspecified atom stereocenters. The molecule has 0 saturated heterocycles. The molecule has 0 atom stereocenters. The van der Waals surface area contributed by atoms with Gasteiger partial charge in [-0.05, 0) is 18.6 Å². The molecule has 0 aliphatic rings. The third kappa shape index (κ3) is 4.97. The van der Waals surface area contributed by atoms with E-state index in [-0.39, 0.29) is 4.21 Å². The predicted molar refractivity (Wildman–Crippen MR) is 69.5 cm³/mol. The van der Waals surface area contributed by atoms with Crippen molar-refractivity contribution in [1.82, 2.24) is 10.0 Å². The quantitative estimate of drug-likeness (QED) is 0.645. The summed E-state index contributed by atoms with van der Waals surface area (Å²) in [6.07, 6.45) is 0.735. The number of hydrogen-bond acceptors (Lipinski definition) is 5. The molecule has 0 radical (unpaired) electrons.